The molecule has 0 radical (unpaired) electrons. The molecule has 2 saturated heterocycles. The van der Waals surface area contributed by atoms with Crippen molar-refractivity contribution < 1.29 is 4.74 Å². The maximum absolute atomic E-state index is 12.1. The molecule has 1 aromatic heterocycles. The molecular formula is C19H30N4O2. The Morgan fingerprint density at radius 1 is 0.960 bits per heavy atom. The van der Waals surface area contributed by atoms with Crippen LogP contribution in [0.1, 0.15) is 37.3 Å². The first-order valence-electron chi connectivity index (χ1n) is 9.88. The summed E-state index contributed by atoms with van der Waals surface area (Å²) in [5.41, 5.74) is 1.17. The van der Waals surface area contributed by atoms with Crippen molar-refractivity contribution in [1.29, 1.82) is 0 Å². The van der Waals surface area contributed by atoms with Crippen LogP contribution in [0.15, 0.2) is 16.9 Å². The molecule has 3 aliphatic rings. The van der Waals surface area contributed by atoms with Crippen LogP contribution in [-0.4, -0.2) is 72.1 Å². The first kappa shape index (κ1) is 17.2. The molecule has 2 aliphatic heterocycles. The number of rotatable bonds is 6. The van der Waals surface area contributed by atoms with E-state index in [1.54, 1.807) is 10.7 Å². The third-order valence-electron chi connectivity index (χ3n) is 5.86. The lowest BCUT2D eigenvalue weighted by molar-refractivity contribution is 0.0311. The van der Waals surface area contributed by atoms with Crippen LogP contribution in [-0.2, 0) is 11.3 Å². The lowest BCUT2D eigenvalue weighted by Gasteiger charge is -2.34. The predicted molar refractivity (Wildman–Crippen MR) is 96.9 cm³/mol. The number of nitrogens with zero attached hydrogens (tertiary/aromatic N) is 4. The van der Waals surface area contributed by atoms with Crippen LogP contribution in [0.5, 0.6) is 0 Å². The first-order valence-corrected chi connectivity index (χ1v) is 9.88. The van der Waals surface area contributed by atoms with Crippen LogP contribution < -0.4 is 5.56 Å². The summed E-state index contributed by atoms with van der Waals surface area (Å²) in [7, 11) is 0. The van der Waals surface area contributed by atoms with Crippen molar-refractivity contribution in [3.05, 3.63) is 28.2 Å². The molecule has 25 heavy (non-hydrogen) atoms. The minimum Gasteiger partial charge on any atom is -0.379 e. The Hall–Kier alpha value is -1.24. The molecule has 1 aliphatic carbocycles. The zero-order valence-corrected chi connectivity index (χ0v) is 15.1. The lowest BCUT2D eigenvalue weighted by atomic mass is 9.97. The van der Waals surface area contributed by atoms with E-state index in [9.17, 15) is 4.79 Å². The Kier molecular flexibility index (Phi) is 5.48. The smallest absolute Gasteiger partial charge is 0.266 e. The van der Waals surface area contributed by atoms with Crippen LogP contribution in [0.2, 0.25) is 0 Å². The summed E-state index contributed by atoms with van der Waals surface area (Å²) in [5.74, 6) is 1.19. The molecular weight excluding hydrogens is 316 g/mol. The molecule has 0 amide bonds. The molecule has 0 spiro atoms. The summed E-state index contributed by atoms with van der Waals surface area (Å²) in [5, 5.41) is 4.62. The second-order valence-corrected chi connectivity index (χ2v) is 7.79. The topological polar surface area (TPSA) is 50.6 Å². The van der Waals surface area contributed by atoms with E-state index in [-0.39, 0.29) is 5.56 Å². The van der Waals surface area contributed by atoms with E-state index in [2.05, 4.69) is 14.9 Å². The molecule has 4 rings (SSSR count). The maximum atomic E-state index is 12.1. The molecule has 0 bridgehead atoms. The maximum Gasteiger partial charge on any atom is 0.266 e. The van der Waals surface area contributed by atoms with E-state index in [0.29, 0.717) is 11.8 Å². The Morgan fingerprint density at radius 3 is 2.32 bits per heavy atom. The molecule has 1 aromatic rings. The fraction of sp³-hybridized carbons (Fsp3) is 0.789. The van der Waals surface area contributed by atoms with Crippen molar-refractivity contribution in [3.8, 4) is 0 Å². The van der Waals surface area contributed by atoms with Gasteiger partial charge in [0.05, 0.1) is 18.9 Å². The van der Waals surface area contributed by atoms with Gasteiger partial charge in [0.25, 0.3) is 5.56 Å². The molecule has 138 valence electrons. The molecule has 1 saturated carbocycles. The number of aromatic nitrogens is 2. The summed E-state index contributed by atoms with van der Waals surface area (Å²) < 4.78 is 7.13. The van der Waals surface area contributed by atoms with Crippen LogP contribution in [0.25, 0.3) is 0 Å². The zero-order valence-electron chi connectivity index (χ0n) is 15.1. The summed E-state index contributed by atoms with van der Waals surface area (Å²) in [6.45, 7) is 9.29. The zero-order chi connectivity index (χ0) is 17.1. The van der Waals surface area contributed by atoms with Gasteiger partial charge < -0.3 is 9.64 Å². The fourth-order valence-corrected chi connectivity index (χ4v) is 3.94. The van der Waals surface area contributed by atoms with Gasteiger partial charge in [0.15, 0.2) is 0 Å². The van der Waals surface area contributed by atoms with Gasteiger partial charge in [0, 0.05) is 44.7 Å². The van der Waals surface area contributed by atoms with Gasteiger partial charge in [0.1, 0.15) is 0 Å². The monoisotopic (exact) mass is 346 g/mol. The average Bonchev–Trinajstić information content (AvgIpc) is 3.49. The van der Waals surface area contributed by atoms with Gasteiger partial charge in [-0.1, -0.05) is 0 Å². The summed E-state index contributed by atoms with van der Waals surface area (Å²) in [4.78, 5) is 17.2. The molecule has 3 fully saturated rings. The van der Waals surface area contributed by atoms with Crippen molar-refractivity contribution >= 4 is 0 Å². The van der Waals surface area contributed by atoms with E-state index in [1.807, 2.05) is 6.07 Å². The highest BCUT2D eigenvalue weighted by Crippen LogP contribution is 2.38. The number of morpholine rings is 1. The van der Waals surface area contributed by atoms with Crippen molar-refractivity contribution in [2.45, 2.75) is 38.1 Å². The SMILES string of the molecule is O=c1ccc(C2CC2)nn1CC1CCN(CCN2CCOCC2)CC1. The van der Waals surface area contributed by atoms with Gasteiger partial charge in [-0.15, -0.1) is 0 Å². The quantitative estimate of drug-likeness (QED) is 0.774. The number of likely N-dealkylation sites (tertiary alicyclic amines) is 1. The van der Waals surface area contributed by atoms with E-state index < -0.39 is 0 Å². The van der Waals surface area contributed by atoms with Crippen molar-refractivity contribution in [1.82, 2.24) is 19.6 Å². The highest BCUT2D eigenvalue weighted by Gasteiger charge is 2.26. The molecule has 6 heteroatoms. The van der Waals surface area contributed by atoms with Gasteiger partial charge in [-0.2, -0.15) is 5.10 Å². The van der Waals surface area contributed by atoms with E-state index >= 15 is 0 Å². The van der Waals surface area contributed by atoms with Crippen LogP contribution in [0.4, 0.5) is 0 Å². The number of ether oxygens (including phenoxy) is 1. The first-order chi connectivity index (χ1) is 12.3. The molecule has 0 unspecified atom stereocenters. The second kappa shape index (κ2) is 7.98. The predicted octanol–water partition coefficient (Wildman–Crippen LogP) is 1.16. The highest BCUT2D eigenvalue weighted by molar-refractivity contribution is 5.12. The highest BCUT2D eigenvalue weighted by atomic mass is 16.5. The normalized spacial score (nSPS) is 23.8. The van der Waals surface area contributed by atoms with Gasteiger partial charge in [0.2, 0.25) is 0 Å². The van der Waals surface area contributed by atoms with Gasteiger partial charge in [-0.05, 0) is 50.8 Å². The Balaban J connectivity index is 1.23. The average molecular weight is 346 g/mol. The molecule has 6 nitrogen and oxygen atoms in total. The molecule has 0 N–H and O–H groups in total. The van der Waals surface area contributed by atoms with Gasteiger partial charge in [-0.3, -0.25) is 9.69 Å². The molecule has 0 aromatic carbocycles. The Morgan fingerprint density at radius 2 is 1.64 bits per heavy atom. The minimum absolute atomic E-state index is 0.0548. The van der Waals surface area contributed by atoms with Crippen LogP contribution in [0.3, 0.4) is 0 Å². The van der Waals surface area contributed by atoms with Crippen molar-refractivity contribution in [2.75, 3.05) is 52.5 Å². The van der Waals surface area contributed by atoms with Gasteiger partial charge >= 0.3 is 0 Å². The van der Waals surface area contributed by atoms with Crippen LogP contribution >= 0.6 is 0 Å². The molecule has 3 heterocycles. The van der Waals surface area contributed by atoms with Crippen molar-refractivity contribution in [3.63, 3.8) is 0 Å². The van der Waals surface area contributed by atoms with Crippen LogP contribution in [0, 0.1) is 5.92 Å². The molecule has 0 atom stereocenters. The minimum atomic E-state index is 0.0548. The van der Waals surface area contributed by atoms with E-state index in [0.717, 1.165) is 64.7 Å². The standard InChI is InChI=1S/C19H30N4O2/c24-19-4-3-18(17-1-2-17)20-23(19)15-16-5-7-21(8-6-16)9-10-22-11-13-25-14-12-22/h3-4,16-17H,1-2,5-15H2. The Bertz CT molecular complexity index is 614. The summed E-state index contributed by atoms with van der Waals surface area (Å²) in [6, 6.07) is 3.63. The largest absolute Gasteiger partial charge is 0.379 e. The summed E-state index contributed by atoms with van der Waals surface area (Å²) >= 11 is 0. The second-order valence-electron chi connectivity index (χ2n) is 7.79. The third kappa shape index (κ3) is 4.68. The number of hydrogen-bond donors (Lipinski definition) is 0. The third-order valence-corrected chi connectivity index (χ3v) is 5.86. The fourth-order valence-electron chi connectivity index (χ4n) is 3.94. The number of hydrogen-bond acceptors (Lipinski definition) is 5. The van der Waals surface area contributed by atoms with E-state index in [4.69, 9.17) is 4.74 Å². The van der Waals surface area contributed by atoms with E-state index in [1.165, 1.54) is 25.7 Å². The number of piperidine rings is 1. The Labute approximate surface area is 149 Å². The van der Waals surface area contributed by atoms with Gasteiger partial charge in [-0.25, -0.2) is 4.68 Å². The van der Waals surface area contributed by atoms with Crippen molar-refractivity contribution in [2.24, 2.45) is 5.92 Å². The lowest BCUT2D eigenvalue weighted by Crippen LogP contribution is -2.44. The summed E-state index contributed by atoms with van der Waals surface area (Å²) in [6.07, 6.45) is 4.80.